The van der Waals surface area contributed by atoms with E-state index in [2.05, 4.69) is 67.5 Å². The number of hydrogen-bond acceptors (Lipinski definition) is 2. The zero-order chi connectivity index (χ0) is 24.9. The summed E-state index contributed by atoms with van der Waals surface area (Å²) in [5.74, 6) is 2.75. The molecule has 0 bridgehead atoms. The Morgan fingerprint density at radius 1 is 0.853 bits per heavy atom. The van der Waals surface area contributed by atoms with Crippen molar-refractivity contribution in [1.82, 2.24) is 0 Å². The molecule has 0 aromatic heterocycles. The second-order valence-corrected chi connectivity index (χ2v) is 14.8. The number of rotatable bonds is 1. The molecule has 4 saturated carbocycles. The fourth-order valence-corrected chi connectivity index (χ4v) is 10.5. The van der Waals surface area contributed by atoms with Crippen molar-refractivity contribution < 1.29 is 9.53 Å². The maximum atomic E-state index is 11.9. The number of carbonyl (C=O) groups excluding carboxylic acids is 1. The third kappa shape index (κ3) is 3.02. The summed E-state index contributed by atoms with van der Waals surface area (Å²) < 4.78 is 5.89. The smallest absolute Gasteiger partial charge is 0.302 e. The minimum atomic E-state index is -0.125. The van der Waals surface area contributed by atoms with E-state index in [1.807, 2.05) is 0 Å². The maximum Gasteiger partial charge on any atom is 0.302 e. The van der Waals surface area contributed by atoms with Crippen molar-refractivity contribution in [3.8, 4) is 0 Å². The van der Waals surface area contributed by atoms with E-state index in [0.717, 1.165) is 30.6 Å². The highest BCUT2D eigenvalue weighted by molar-refractivity contribution is 5.66. The molecule has 9 atom stereocenters. The van der Waals surface area contributed by atoms with Crippen molar-refractivity contribution in [2.75, 3.05) is 0 Å². The Morgan fingerprint density at radius 2 is 1.56 bits per heavy atom. The topological polar surface area (TPSA) is 26.3 Å². The lowest BCUT2D eigenvalue weighted by atomic mass is 9.36. The number of carbonyl (C=O) groups is 1. The van der Waals surface area contributed by atoms with Gasteiger partial charge in [0, 0.05) is 12.3 Å². The van der Waals surface area contributed by atoms with E-state index < -0.39 is 0 Å². The molecular weight excluding hydrogens is 416 g/mol. The van der Waals surface area contributed by atoms with Crippen molar-refractivity contribution >= 4 is 5.97 Å². The molecular formula is C32H50O2. The first-order valence-corrected chi connectivity index (χ1v) is 14.3. The van der Waals surface area contributed by atoms with Crippen LogP contribution >= 0.6 is 0 Å². The van der Waals surface area contributed by atoms with Crippen LogP contribution < -0.4 is 0 Å². The Kier molecular flexibility index (Phi) is 5.42. The van der Waals surface area contributed by atoms with Crippen LogP contribution in [0.4, 0.5) is 0 Å². The minimum absolute atomic E-state index is 0.00416. The standard InChI is InChI=1S/C32H50O2/c1-20-12-15-29(6)18-19-31(8)23(27(29)21(20)2)10-11-25-30(7)16-14-26(34-22(3)33)28(4,5)24(30)13-17-32(25,31)9/h10-11,20-21,24,26-27H,12-19H2,1-9H3/t20-,21+,24+,26+,27-,29+,30+,31-,32-/m1/s1. The highest BCUT2D eigenvalue weighted by Gasteiger charge is 2.66. The van der Waals surface area contributed by atoms with Crippen LogP contribution in [-0.4, -0.2) is 12.1 Å². The number of allylic oxidation sites excluding steroid dienone is 4. The first-order valence-electron chi connectivity index (χ1n) is 14.3. The summed E-state index contributed by atoms with van der Waals surface area (Å²) in [7, 11) is 0. The van der Waals surface area contributed by atoms with Gasteiger partial charge < -0.3 is 4.74 Å². The molecule has 34 heavy (non-hydrogen) atoms. The predicted molar refractivity (Wildman–Crippen MR) is 140 cm³/mol. The quantitative estimate of drug-likeness (QED) is 0.362. The van der Waals surface area contributed by atoms with E-state index in [9.17, 15) is 4.79 Å². The van der Waals surface area contributed by atoms with Gasteiger partial charge >= 0.3 is 5.97 Å². The maximum absolute atomic E-state index is 11.9. The van der Waals surface area contributed by atoms with Crippen molar-refractivity contribution in [2.45, 2.75) is 120 Å². The van der Waals surface area contributed by atoms with E-state index in [0.29, 0.717) is 11.3 Å². The van der Waals surface area contributed by atoms with Crippen LogP contribution in [0, 0.1) is 50.7 Å². The van der Waals surface area contributed by atoms with Crippen LogP contribution in [0.5, 0.6) is 0 Å². The zero-order valence-electron chi connectivity index (χ0n) is 23.5. The van der Waals surface area contributed by atoms with Gasteiger partial charge in [-0.05, 0) is 96.7 Å². The van der Waals surface area contributed by atoms with Gasteiger partial charge in [-0.25, -0.2) is 0 Å². The lowest BCUT2D eigenvalue weighted by Crippen LogP contribution is -2.61. The van der Waals surface area contributed by atoms with Gasteiger partial charge in [0.2, 0.25) is 0 Å². The molecule has 5 rings (SSSR count). The fourth-order valence-electron chi connectivity index (χ4n) is 10.5. The Hall–Kier alpha value is -1.05. The molecule has 0 aromatic rings. The normalized spacial score (nSPS) is 51.6. The van der Waals surface area contributed by atoms with Gasteiger partial charge in [0.05, 0.1) is 0 Å². The highest BCUT2D eigenvalue weighted by Crippen LogP contribution is 2.74. The molecule has 0 amide bonds. The molecule has 0 aliphatic heterocycles. The molecule has 0 aromatic carbocycles. The predicted octanol–water partition coefficient (Wildman–Crippen LogP) is 8.52. The van der Waals surface area contributed by atoms with Gasteiger partial charge in [0.25, 0.3) is 0 Å². The van der Waals surface area contributed by atoms with Crippen LogP contribution in [0.15, 0.2) is 23.3 Å². The SMILES string of the molecule is CC(=O)O[C@H]1CC[C@]2(C)C3=CC=C4[C@H]5[C@@H](C)[C@H](C)CC[C@@]5(C)CC[C@@]4(C)[C@]3(C)CC[C@H]2C1(C)C. The number of fused-ring (bicyclic) bond motifs is 7. The van der Waals surface area contributed by atoms with Crippen molar-refractivity contribution in [3.63, 3.8) is 0 Å². The van der Waals surface area contributed by atoms with Gasteiger partial charge in [-0.2, -0.15) is 0 Å². The van der Waals surface area contributed by atoms with Crippen LogP contribution in [-0.2, 0) is 9.53 Å². The Morgan fingerprint density at radius 3 is 2.24 bits per heavy atom. The van der Waals surface area contributed by atoms with E-state index in [1.54, 1.807) is 18.1 Å². The van der Waals surface area contributed by atoms with Crippen molar-refractivity contribution in [3.05, 3.63) is 23.3 Å². The van der Waals surface area contributed by atoms with E-state index in [4.69, 9.17) is 4.74 Å². The molecule has 0 unspecified atom stereocenters. The van der Waals surface area contributed by atoms with Gasteiger partial charge in [0.15, 0.2) is 0 Å². The molecule has 2 nitrogen and oxygen atoms in total. The molecule has 0 N–H and O–H groups in total. The lowest BCUT2D eigenvalue weighted by Gasteiger charge is -2.69. The van der Waals surface area contributed by atoms with E-state index >= 15 is 0 Å². The molecule has 0 spiro atoms. The summed E-state index contributed by atoms with van der Waals surface area (Å²) in [5, 5.41) is 0. The first kappa shape index (κ1) is 24.6. The fraction of sp³-hybridized carbons (Fsp3) is 0.844. The Labute approximate surface area is 209 Å². The van der Waals surface area contributed by atoms with Crippen molar-refractivity contribution in [1.29, 1.82) is 0 Å². The van der Waals surface area contributed by atoms with Crippen LogP contribution in [0.1, 0.15) is 114 Å². The Bertz CT molecular complexity index is 941. The third-order valence-corrected chi connectivity index (χ3v) is 13.0. The molecule has 190 valence electrons. The molecule has 5 aliphatic carbocycles. The summed E-state index contributed by atoms with van der Waals surface area (Å²) in [5.41, 5.74) is 4.67. The second-order valence-electron chi connectivity index (χ2n) is 14.8. The minimum Gasteiger partial charge on any atom is -0.462 e. The number of esters is 1. The highest BCUT2D eigenvalue weighted by atomic mass is 16.5. The second kappa shape index (κ2) is 7.48. The van der Waals surface area contributed by atoms with Gasteiger partial charge in [-0.15, -0.1) is 0 Å². The summed E-state index contributed by atoms with van der Waals surface area (Å²) >= 11 is 0. The average Bonchev–Trinajstić information content (AvgIpc) is 2.74. The first-order chi connectivity index (χ1) is 15.7. The molecule has 2 heteroatoms. The third-order valence-electron chi connectivity index (χ3n) is 13.0. The monoisotopic (exact) mass is 466 g/mol. The van der Waals surface area contributed by atoms with Gasteiger partial charge in [0.1, 0.15) is 6.10 Å². The van der Waals surface area contributed by atoms with Crippen LogP contribution in [0.25, 0.3) is 0 Å². The molecule has 4 fully saturated rings. The number of hydrogen-bond donors (Lipinski definition) is 0. The summed E-state index contributed by atoms with van der Waals surface area (Å²) in [4.78, 5) is 11.9. The zero-order valence-corrected chi connectivity index (χ0v) is 23.5. The van der Waals surface area contributed by atoms with Gasteiger partial charge in [-0.1, -0.05) is 78.7 Å². The molecule has 0 saturated heterocycles. The van der Waals surface area contributed by atoms with Crippen LogP contribution in [0.2, 0.25) is 0 Å². The lowest BCUT2D eigenvalue weighted by molar-refractivity contribution is -0.172. The molecule has 0 radical (unpaired) electrons. The van der Waals surface area contributed by atoms with Gasteiger partial charge in [-0.3, -0.25) is 4.79 Å². The molecule has 5 aliphatic rings. The summed E-state index contributed by atoms with van der Waals surface area (Å²) in [6.45, 7) is 21.8. The summed E-state index contributed by atoms with van der Waals surface area (Å²) in [6.07, 6.45) is 15.4. The molecule has 0 heterocycles. The average molecular weight is 467 g/mol. The van der Waals surface area contributed by atoms with Crippen molar-refractivity contribution in [2.24, 2.45) is 50.7 Å². The summed E-state index contributed by atoms with van der Waals surface area (Å²) in [6, 6.07) is 0. The Balaban J connectivity index is 1.59. The largest absolute Gasteiger partial charge is 0.462 e. The van der Waals surface area contributed by atoms with E-state index in [-0.39, 0.29) is 33.7 Å². The van der Waals surface area contributed by atoms with Crippen LogP contribution in [0.3, 0.4) is 0 Å². The van der Waals surface area contributed by atoms with E-state index in [1.165, 1.54) is 38.5 Å². The number of ether oxygens (including phenoxy) is 1.